The van der Waals surface area contributed by atoms with Gasteiger partial charge in [0, 0.05) is 22.7 Å². The smallest absolute Gasteiger partial charge is 0.311 e. The minimum absolute atomic E-state index is 0.0313. The zero-order valence-electron chi connectivity index (χ0n) is 16.2. The van der Waals surface area contributed by atoms with Gasteiger partial charge in [0.05, 0.1) is 12.5 Å². The third-order valence-corrected chi connectivity index (χ3v) is 4.70. The lowest BCUT2D eigenvalue weighted by Crippen LogP contribution is -2.43. The van der Waals surface area contributed by atoms with Crippen molar-refractivity contribution in [1.29, 1.82) is 0 Å². The summed E-state index contributed by atoms with van der Waals surface area (Å²) in [6, 6.07) is 13.4. The highest BCUT2D eigenvalue weighted by atomic mass is 35.5. The maximum atomic E-state index is 12.2. The van der Waals surface area contributed by atoms with Gasteiger partial charge in [-0.3, -0.25) is 29.6 Å². The van der Waals surface area contributed by atoms with Gasteiger partial charge >= 0.3 is 5.97 Å². The Labute approximate surface area is 178 Å². The molecule has 0 radical (unpaired) electrons. The van der Waals surface area contributed by atoms with Crippen LogP contribution in [0.15, 0.2) is 48.5 Å². The number of nitrogens with one attached hydrogen (secondary N) is 2. The molecule has 1 heterocycles. The minimum atomic E-state index is -0.769. The molecule has 0 saturated carbocycles. The van der Waals surface area contributed by atoms with Crippen LogP contribution in [-0.4, -0.2) is 41.9 Å². The summed E-state index contributed by atoms with van der Waals surface area (Å²) in [5.41, 5.74) is 4.37. The summed E-state index contributed by atoms with van der Waals surface area (Å²) in [7, 11) is 0. The van der Waals surface area contributed by atoms with Crippen LogP contribution in [0.25, 0.3) is 0 Å². The Morgan fingerprint density at radius 1 is 1.17 bits per heavy atom. The number of nitrogens with zero attached hydrogens (tertiary/aromatic N) is 1. The van der Waals surface area contributed by atoms with Crippen LogP contribution < -0.4 is 10.7 Å². The largest absolute Gasteiger partial charge is 0.455 e. The third kappa shape index (κ3) is 5.57. The van der Waals surface area contributed by atoms with E-state index in [1.165, 1.54) is 12.1 Å². The molecule has 8 nitrogen and oxygen atoms in total. The van der Waals surface area contributed by atoms with E-state index in [1.807, 2.05) is 13.0 Å². The number of amides is 3. The number of hydrogen-bond acceptors (Lipinski definition) is 5. The van der Waals surface area contributed by atoms with E-state index < -0.39 is 36.2 Å². The maximum Gasteiger partial charge on any atom is 0.311 e. The lowest BCUT2D eigenvalue weighted by Gasteiger charge is -2.17. The number of halogens is 1. The summed E-state index contributed by atoms with van der Waals surface area (Å²) >= 11 is 5.79. The molecule has 0 bridgehead atoms. The summed E-state index contributed by atoms with van der Waals surface area (Å²) in [6.07, 6.45) is -0.112. The third-order valence-electron chi connectivity index (χ3n) is 4.45. The number of hydrazine groups is 1. The van der Waals surface area contributed by atoms with Crippen molar-refractivity contribution in [3.05, 3.63) is 64.7 Å². The van der Waals surface area contributed by atoms with Crippen molar-refractivity contribution in [2.45, 2.75) is 13.3 Å². The van der Waals surface area contributed by atoms with Crippen molar-refractivity contribution in [2.75, 3.05) is 18.5 Å². The molecule has 1 atom stereocenters. The number of carbonyl (C=O) groups is 4. The van der Waals surface area contributed by atoms with Gasteiger partial charge < -0.3 is 10.1 Å². The van der Waals surface area contributed by atoms with E-state index in [0.29, 0.717) is 16.3 Å². The number of hydrogen-bond donors (Lipinski definition) is 2. The van der Waals surface area contributed by atoms with Gasteiger partial charge in [-0.25, -0.2) is 0 Å². The van der Waals surface area contributed by atoms with Crippen LogP contribution in [0.3, 0.4) is 0 Å². The van der Waals surface area contributed by atoms with Crippen molar-refractivity contribution < 1.29 is 23.9 Å². The van der Waals surface area contributed by atoms with Crippen LogP contribution >= 0.6 is 11.6 Å². The Hall–Kier alpha value is -3.39. The average Bonchev–Trinajstić information content (AvgIpc) is 3.07. The molecule has 156 valence electrons. The predicted octanol–water partition coefficient (Wildman–Crippen LogP) is 2.32. The Balaban J connectivity index is 1.47. The van der Waals surface area contributed by atoms with Gasteiger partial charge in [-0.15, -0.1) is 0 Å². The van der Waals surface area contributed by atoms with Crippen LogP contribution in [0.4, 0.5) is 5.69 Å². The van der Waals surface area contributed by atoms with E-state index in [1.54, 1.807) is 30.3 Å². The molecule has 3 rings (SSSR count). The van der Waals surface area contributed by atoms with E-state index in [2.05, 4.69) is 10.7 Å². The molecule has 30 heavy (non-hydrogen) atoms. The minimum Gasteiger partial charge on any atom is -0.455 e. The molecular weight excluding hydrogens is 410 g/mol. The number of esters is 1. The number of benzene rings is 2. The van der Waals surface area contributed by atoms with Crippen LogP contribution in [-0.2, 0) is 19.1 Å². The Morgan fingerprint density at radius 2 is 1.90 bits per heavy atom. The van der Waals surface area contributed by atoms with E-state index >= 15 is 0 Å². The summed E-state index contributed by atoms with van der Waals surface area (Å²) in [4.78, 5) is 48.6. The van der Waals surface area contributed by atoms with Crippen molar-refractivity contribution >= 4 is 41.0 Å². The van der Waals surface area contributed by atoms with Gasteiger partial charge in [-0.2, -0.15) is 0 Å². The molecular formula is C21H20ClN3O5. The van der Waals surface area contributed by atoms with E-state index in [4.69, 9.17) is 16.3 Å². The van der Waals surface area contributed by atoms with Crippen LogP contribution in [0.2, 0.25) is 5.02 Å². The molecule has 2 aromatic carbocycles. The van der Waals surface area contributed by atoms with Crippen molar-refractivity contribution in [1.82, 2.24) is 10.4 Å². The molecule has 3 amide bonds. The number of rotatable bonds is 6. The first kappa shape index (κ1) is 21.3. The molecule has 1 aliphatic rings. The van der Waals surface area contributed by atoms with Gasteiger partial charge in [0.2, 0.25) is 5.91 Å². The monoisotopic (exact) mass is 429 g/mol. The first-order valence-electron chi connectivity index (χ1n) is 9.22. The van der Waals surface area contributed by atoms with Gasteiger partial charge in [-0.1, -0.05) is 23.7 Å². The number of anilines is 1. The fourth-order valence-electron chi connectivity index (χ4n) is 2.94. The molecule has 9 heteroatoms. The second kappa shape index (κ2) is 9.41. The summed E-state index contributed by atoms with van der Waals surface area (Å²) < 4.78 is 5.03. The summed E-state index contributed by atoms with van der Waals surface area (Å²) in [5.74, 6) is -2.83. The average molecular weight is 430 g/mol. The molecule has 0 spiro atoms. The zero-order chi connectivity index (χ0) is 21.7. The second-order valence-electron chi connectivity index (χ2n) is 6.88. The predicted molar refractivity (Wildman–Crippen MR) is 110 cm³/mol. The second-order valence-corrected chi connectivity index (χ2v) is 7.32. The highest BCUT2D eigenvalue weighted by Crippen LogP contribution is 2.18. The quantitative estimate of drug-likeness (QED) is 0.686. The van der Waals surface area contributed by atoms with Gasteiger partial charge in [0.25, 0.3) is 11.8 Å². The standard InChI is InChI=1S/C21H20ClN3O5/c1-13-3-2-4-17(9-13)23-18(26)12-30-21(29)15-10-19(27)25(11-15)24-20(28)14-5-7-16(22)8-6-14/h2-9,15H,10-12H2,1H3,(H,23,26)(H,24,28)/t15-/m1/s1. The van der Waals surface area contributed by atoms with Crippen LogP contribution in [0.5, 0.6) is 0 Å². The Bertz CT molecular complexity index is 977. The number of carbonyl (C=O) groups excluding carboxylic acids is 4. The SMILES string of the molecule is Cc1cccc(NC(=O)COC(=O)[C@@H]2CC(=O)N(NC(=O)c3ccc(Cl)cc3)C2)c1. The number of ether oxygens (including phenoxy) is 1. The first-order valence-corrected chi connectivity index (χ1v) is 9.59. The summed E-state index contributed by atoms with van der Waals surface area (Å²) in [5, 5.41) is 4.20. The van der Waals surface area contributed by atoms with Crippen LogP contribution in [0, 0.1) is 12.8 Å². The molecule has 2 N–H and O–H groups in total. The highest BCUT2D eigenvalue weighted by molar-refractivity contribution is 6.30. The zero-order valence-corrected chi connectivity index (χ0v) is 16.9. The summed E-state index contributed by atoms with van der Waals surface area (Å²) in [6.45, 7) is 1.40. The molecule has 0 aromatic heterocycles. The maximum absolute atomic E-state index is 12.2. The van der Waals surface area contributed by atoms with Crippen molar-refractivity contribution in [3.63, 3.8) is 0 Å². The lowest BCUT2D eigenvalue weighted by molar-refractivity contribution is -0.151. The normalized spacial score (nSPS) is 15.6. The highest BCUT2D eigenvalue weighted by Gasteiger charge is 2.36. The van der Waals surface area contributed by atoms with E-state index in [9.17, 15) is 19.2 Å². The van der Waals surface area contributed by atoms with Gasteiger partial charge in [0.15, 0.2) is 6.61 Å². The van der Waals surface area contributed by atoms with E-state index in [0.717, 1.165) is 10.6 Å². The molecule has 0 unspecified atom stereocenters. The fraction of sp³-hybridized carbons (Fsp3) is 0.238. The molecule has 2 aromatic rings. The molecule has 1 aliphatic heterocycles. The van der Waals surface area contributed by atoms with E-state index in [-0.39, 0.29) is 13.0 Å². The topological polar surface area (TPSA) is 105 Å². The first-order chi connectivity index (χ1) is 14.3. The Morgan fingerprint density at radius 3 is 2.60 bits per heavy atom. The van der Waals surface area contributed by atoms with Crippen LogP contribution in [0.1, 0.15) is 22.3 Å². The van der Waals surface area contributed by atoms with Crippen molar-refractivity contribution in [3.8, 4) is 0 Å². The lowest BCUT2D eigenvalue weighted by atomic mass is 10.1. The molecule has 1 fully saturated rings. The number of aryl methyl sites for hydroxylation is 1. The Kier molecular flexibility index (Phi) is 6.68. The van der Waals surface area contributed by atoms with Crippen molar-refractivity contribution in [2.24, 2.45) is 5.92 Å². The van der Waals surface area contributed by atoms with Gasteiger partial charge in [-0.05, 0) is 48.9 Å². The molecule has 1 saturated heterocycles. The van der Waals surface area contributed by atoms with Gasteiger partial charge in [0.1, 0.15) is 0 Å². The fourth-order valence-corrected chi connectivity index (χ4v) is 3.06. The molecule has 0 aliphatic carbocycles.